The summed E-state index contributed by atoms with van der Waals surface area (Å²) in [6, 6.07) is -2.60. The molecule has 0 radical (unpaired) electrons. The summed E-state index contributed by atoms with van der Waals surface area (Å²) in [7, 11) is 1.58. The van der Waals surface area contributed by atoms with Crippen LogP contribution in [0.25, 0.3) is 0 Å². The number of hydrogen-bond donors (Lipinski definition) is 12. The Morgan fingerprint density at radius 2 is 1.08 bits per heavy atom. The van der Waals surface area contributed by atoms with Gasteiger partial charge in [-0.25, -0.2) is 0 Å². The highest BCUT2D eigenvalue weighted by Crippen LogP contribution is 2.24. The Morgan fingerprint density at radius 1 is 0.603 bits per heavy atom. The molecule has 12 N–H and O–H groups in total. The van der Waals surface area contributed by atoms with Crippen molar-refractivity contribution < 1.29 is 83.4 Å². The monoisotopic (exact) mass is 910 g/mol. The average molecular weight is 910 g/mol. The van der Waals surface area contributed by atoms with E-state index in [4.69, 9.17) is 23.7 Å². The maximum absolute atomic E-state index is 13.0. The van der Waals surface area contributed by atoms with Crippen LogP contribution in [-0.2, 0) is 47.7 Å². The van der Waals surface area contributed by atoms with E-state index >= 15 is 0 Å². The molecule has 2 heterocycles. The number of nitrogens with one attached hydrogen (secondary N) is 5. The van der Waals surface area contributed by atoms with E-state index in [1.54, 1.807) is 7.11 Å². The fourth-order valence-electron chi connectivity index (χ4n) is 7.30. The van der Waals surface area contributed by atoms with Crippen LogP contribution in [-0.4, -0.2) is 192 Å². The lowest BCUT2D eigenvalue weighted by atomic mass is 9.97. The second-order valence-corrected chi connectivity index (χ2v) is 16.2. The molecule has 0 aliphatic carbocycles. The number of amides is 5. The maximum atomic E-state index is 13.0. The molecule has 0 saturated carbocycles. The molecule has 0 aromatic rings. The first kappa shape index (κ1) is 56.0. The maximum Gasteiger partial charge on any atom is 0.222 e. The lowest BCUT2D eigenvalue weighted by Gasteiger charge is -2.42. The van der Waals surface area contributed by atoms with Gasteiger partial charge in [0.05, 0.1) is 19.8 Å². The molecule has 2 aliphatic rings. The van der Waals surface area contributed by atoms with Gasteiger partial charge in [-0.3, -0.25) is 24.0 Å². The first-order chi connectivity index (χ1) is 30.1. The van der Waals surface area contributed by atoms with Crippen molar-refractivity contribution in [3.05, 3.63) is 0 Å². The molecule has 2 rings (SSSR count). The molecule has 0 aromatic heterocycles. The molecule has 5 amide bonds. The number of unbranched alkanes of at least 4 members (excludes halogenated alkanes) is 4. The van der Waals surface area contributed by atoms with E-state index in [1.165, 1.54) is 13.8 Å². The molecule has 0 aromatic carbocycles. The van der Waals surface area contributed by atoms with Crippen LogP contribution >= 0.6 is 0 Å². The summed E-state index contributed by atoms with van der Waals surface area (Å²) in [5.74, 6) is -1.58. The normalized spacial score (nSPS) is 26.9. The third-order valence-corrected chi connectivity index (χ3v) is 10.8. The van der Waals surface area contributed by atoms with Crippen LogP contribution in [0.15, 0.2) is 0 Å². The van der Waals surface area contributed by atoms with Gasteiger partial charge in [0.2, 0.25) is 29.5 Å². The van der Waals surface area contributed by atoms with E-state index in [-0.39, 0.29) is 62.7 Å². The van der Waals surface area contributed by atoms with Gasteiger partial charge in [-0.15, -0.1) is 0 Å². The van der Waals surface area contributed by atoms with Crippen LogP contribution in [0.2, 0.25) is 0 Å². The number of carbonyl (C=O) groups is 5. The molecular weight excluding hydrogens is 834 g/mol. The molecule has 2 aliphatic heterocycles. The molecule has 2 saturated heterocycles. The molecule has 22 heteroatoms. The predicted molar refractivity (Wildman–Crippen MR) is 223 cm³/mol. The van der Waals surface area contributed by atoms with Gasteiger partial charge >= 0.3 is 0 Å². The van der Waals surface area contributed by atoms with Crippen molar-refractivity contribution in [2.24, 2.45) is 5.92 Å². The molecule has 2 fully saturated rings. The summed E-state index contributed by atoms with van der Waals surface area (Å²) in [5.41, 5.74) is 0. The summed E-state index contributed by atoms with van der Waals surface area (Å²) in [6.07, 6.45) is -4.17. The smallest absolute Gasteiger partial charge is 0.222 e. The van der Waals surface area contributed by atoms with Crippen molar-refractivity contribution in [3.8, 4) is 0 Å². The van der Waals surface area contributed by atoms with Gasteiger partial charge in [-0.2, -0.15) is 0 Å². The summed E-state index contributed by atoms with van der Waals surface area (Å²) >= 11 is 0. The molecule has 0 bridgehead atoms. The van der Waals surface area contributed by atoms with E-state index in [2.05, 4.69) is 26.6 Å². The lowest BCUT2D eigenvalue weighted by Crippen LogP contribution is -2.64. The number of rotatable bonds is 32. The summed E-state index contributed by atoms with van der Waals surface area (Å²) in [4.78, 5) is 61.7. The Bertz CT molecular complexity index is 1340. The van der Waals surface area contributed by atoms with Crippen LogP contribution in [0, 0.1) is 5.92 Å². The van der Waals surface area contributed by atoms with E-state index in [0.29, 0.717) is 71.1 Å². The highest BCUT2D eigenvalue weighted by atomic mass is 16.7. The number of aliphatic hydroxyl groups excluding tert-OH is 7. The van der Waals surface area contributed by atoms with Gasteiger partial charge < -0.3 is 86.0 Å². The second kappa shape index (κ2) is 31.7. The number of carbonyl (C=O) groups excluding carboxylic acids is 5. The Hall–Kier alpha value is -3.13. The first-order valence-corrected chi connectivity index (χ1v) is 22.1. The quantitative estimate of drug-likeness (QED) is 0.0298. The Balaban J connectivity index is 1.79. The summed E-state index contributed by atoms with van der Waals surface area (Å²) in [6.45, 7) is 2.86. The molecule has 63 heavy (non-hydrogen) atoms. The van der Waals surface area contributed by atoms with Crippen LogP contribution in [0.3, 0.4) is 0 Å². The van der Waals surface area contributed by atoms with Crippen LogP contribution in [0.1, 0.15) is 97.3 Å². The Morgan fingerprint density at radius 3 is 1.54 bits per heavy atom. The van der Waals surface area contributed by atoms with Crippen LogP contribution in [0.5, 0.6) is 0 Å². The number of methoxy groups -OCH3 is 1. The van der Waals surface area contributed by atoms with Gasteiger partial charge in [0.15, 0.2) is 12.6 Å². The van der Waals surface area contributed by atoms with Gasteiger partial charge in [-0.1, -0.05) is 6.42 Å². The van der Waals surface area contributed by atoms with E-state index in [1.807, 2.05) is 0 Å². The van der Waals surface area contributed by atoms with Gasteiger partial charge in [-0.05, 0) is 57.8 Å². The highest BCUT2D eigenvalue weighted by Gasteiger charge is 2.46. The van der Waals surface area contributed by atoms with Crippen molar-refractivity contribution in [1.29, 1.82) is 0 Å². The van der Waals surface area contributed by atoms with Gasteiger partial charge in [0, 0.05) is 85.1 Å². The summed E-state index contributed by atoms with van der Waals surface area (Å²) < 4.78 is 27.6. The van der Waals surface area contributed by atoms with Crippen LogP contribution in [0.4, 0.5) is 0 Å². The van der Waals surface area contributed by atoms with E-state index < -0.39 is 92.4 Å². The first-order valence-electron chi connectivity index (χ1n) is 22.1. The molecular formula is C41H75N5O17. The highest BCUT2D eigenvalue weighted by molar-refractivity contribution is 5.79. The van der Waals surface area contributed by atoms with E-state index in [0.717, 1.165) is 12.8 Å². The third kappa shape index (κ3) is 21.6. The van der Waals surface area contributed by atoms with Gasteiger partial charge in [0.25, 0.3) is 0 Å². The Kier molecular flexibility index (Phi) is 28.2. The lowest BCUT2D eigenvalue weighted by molar-refractivity contribution is -0.270. The van der Waals surface area contributed by atoms with Crippen LogP contribution < -0.4 is 26.6 Å². The molecule has 22 nitrogen and oxygen atoms in total. The minimum absolute atomic E-state index is 0.0238. The molecule has 5 unspecified atom stereocenters. The third-order valence-electron chi connectivity index (χ3n) is 10.8. The Labute approximate surface area is 369 Å². The minimum atomic E-state index is -1.44. The van der Waals surface area contributed by atoms with E-state index in [9.17, 15) is 59.7 Å². The number of hydrogen-bond acceptors (Lipinski definition) is 17. The van der Waals surface area contributed by atoms with Crippen molar-refractivity contribution in [2.75, 3.05) is 59.8 Å². The zero-order valence-electron chi connectivity index (χ0n) is 37.0. The standard InChI is InChI=1S/C41H75N5O17/c1-25(50)44-34-38(57)36(55)29(22-48)62-40(34)60-18-10-6-14-31(52)42-16-9-5-13-28(20-33(54)43-17-8-4-12-27(21-47)24-59-3)46-32(53)15-7-11-19-61-41-35(45-26(2)51)39(58)37(56)30(23-49)63-41/h27-30,34-41,47-49,55-58H,4-24H2,1-3H3,(H,42,52)(H,43,54)(H,44,50)(H,45,51)(H,46,53)/t27?,28-,29?,30?,34?,35?,36-,37-,38+,39+,40+,41+/m0/s1. The zero-order valence-corrected chi connectivity index (χ0v) is 37.0. The number of aliphatic hydroxyl groups is 7. The SMILES string of the molecule is COCC(CO)CCCCNC(=O)C[C@H](CCCCNC(=O)CCCCO[C@@H]1OC(CO)[C@H](O)[C@H](O)C1NC(C)=O)NC(=O)CCCCO[C@@H]1OC(CO)[C@H](O)[C@H](O)C1NC(C)=O. The second-order valence-electron chi connectivity index (χ2n) is 16.2. The fourth-order valence-corrected chi connectivity index (χ4v) is 7.30. The predicted octanol–water partition coefficient (Wildman–Crippen LogP) is -3.05. The molecule has 366 valence electrons. The molecule has 12 atom stereocenters. The average Bonchev–Trinajstić information content (AvgIpc) is 3.24. The van der Waals surface area contributed by atoms with Crippen molar-refractivity contribution in [3.63, 3.8) is 0 Å². The number of ether oxygens (including phenoxy) is 5. The van der Waals surface area contributed by atoms with Crippen molar-refractivity contribution >= 4 is 29.5 Å². The fraction of sp³-hybridized carbons (Fsp3) is 0.878. The molecule has 0 spiro atoms. The largest absolute Gasteiger partial charge is 0.396 e. The van der Waals surface area contributed by atoms with Gasteiger partial charge in [0.1, 0.15) is 48.7 Å². The minimum Gasteiger partial charge on any atom is -0.396 e. The zero-order chi connectivity index (χ0) is 46.7. The van der Waals surface area contributed by atoms with Crippen molar-refractivity contribution in [1.82, 2.24) is 26.6 Å². The summed E-state index contributed by atoms with van der Waals surface area (Å²) in [5, 5.41) is 83.4. The topological polar surface area (TPSA) is 333 Å². The van der Waals surface area contributed by atoms with Crippen molar-refractivity contribution in [2.45, 2.75) is 165 Å².